The molecule has 5 heteroatoms. The number of hydrogen-bond donors (Lipinski definition) is 0. The minimum atomic E-state index is 0. The van der Waals surface area contributed by atoms with Gasteiger partial charge in [0.2, 0.25) is 0 Å². The van der Waals surface area contributed by atoms with E-state index in [0.717, 1.165) is 12.5 Å². The number of rotatable bonds is 5. The number of aromatic nitrogens is 2. The Morgan fingerprint density at radius 2 is 1.74 bits per heavy atom. The second-order valence-electron chi connectivity index (χ2n) is 5.53. The van der Waals surface area contributed by atoms with Gasteiger partial charge in [-0.25, -0.2) is 9.97 Å². The van der Waals surface area contributed by atoms with Crippen LogP contribution in [-0.4, -0.2) is 41.1 Å². The fourth-order valence-electron chi connectivity index (χ4n) is 2.55. The highest BCUT2D eigenvalue weighted by atomic mass is 35.5. The average molecular weight is 284 g/mol. The van der Waals surface area contributed by atoms with Crippen LogP contribution in [0.15, 0.2) is 18.5 Å². The third-order valence-electron chi connectivity index (χ3n) is 3.91. The molecule has 0 N–H and O–H groups in total. The summed E-state index contributed by atoms with van der Waals surface area (Å²) in [4.78, 5) is 10.8. The van der Waals surface area contributed by atoms with Gasteiger partial charge in [-0.1, -0.05) is 0 Å². The molecule has 0 radical (unpaired) electrons. The maximum absolute atomic E-state index is 5.63. The van der Waals surface area contributed by atoms with Gasteiger partial charge < -0.3 is 9.64 Å². The molecule has 0 aromatic carbocycles. The van der Waals surface area contributed by atoms with Gasteiger partial charge in [0.15, 0.2) is 0 Å². The fraction of sp³-hybridized carbons (Fsp3) is 0.714. The molecule has 1 saturated heterocycles. The summed E-state index contributed by atoms with van der Waals surface area (Å²) >= 11 is 0. The first-order valence-corrected chi connectivity index (χ1v) is 7.02. The van der Waals surface area contributed by atoms with Crippen LogP contribution >= 0.6 is 12.4 Å². The summed E-state index contributed by atoms with van der Waals surface area (Å²) in [6.45, 7) is 4.57. The maximum Gasteiger partial charge on any atom is 0.316 e. The third-order valence-corrected chi connectivity index (χ3v) is 3.91. The minimum absolute atomic E-state index is 0. The predicted molar refractivity (Wildman–Crippen MR) is 76.7 cm³/mol. The number of ether oxygens (including phenoxy) is 1. The highest BCUT2D eigenvalue weighted by Crippen LogP contribution is 2.31. The molecule has 0 bridgehead atoms. The summed E-state index contributed by atoms with van der Waals surface area (Å²) < 4.78 is 5.63. The first kappa shape index (κ1) is 14.5. The normalized spacial score (nSPS) is 20.8. The van der Waals surface area contributed by atoms with E-state index in [1.807, 2.05) is 6.07 Å². The van der Waals surface area contributed by atoms with Gasteiger partial charge in [0.1, 0.15) is 0 Å². The zero-order chi connectivity index (χ0) is 12.2. The Hall–Kier alpha value is -0.870. The molecular weight excluding hydrogens is 262 g/mol. The van der Waals surface area contributed by atoms with E-state index < -0.39 is 0 Å². The van der Waals surface area contributed by atoms with Crippen LogP contribution in [0.5, 0.6) is 6.01 Å². The molecule has 1 aliphatic carbocycles. The van der Waals surface area contributed by atoms with E-state index in [1.54, 1.807) is 12.4 Å². The smallest absolute Gasteiger partial charge is 0.316 e. The molecule has 1 aromatic rings. The van der Waals surface area contributed by atoms with Gasteiger partial charge in [0.25, 0.3) is 0 Å². The van der Waals surface area contributed by atoms with Crippen LogP contribution in [0.2, 0.25) is 0 Å². The van der Waals surface area contributed by atoms with Crippen molar-refractivity contribution in [3.63, 3.8) is 0 Å². The lowest BCUT2D eigenvalue weighted by atomic mass is 9.98. The van der Waals surface area contributed by atoms with Crippen molar-refractivity contribution in [3.05, 3.63) is 18.5 Å². The number of halogens is 1. The van der Waals surface area contributed by atoms with Crippen molar-refractivity contribution in [2.24, 2.45) is 11.8 Å². The van der Waals surface area contributed by atoms with Gasteiger partial charge in [-0.2, -0.15) is 0 Å². The van der Waals surface area contributed by atoms with Crippen molar-refractivity contribution in [1.82, 2.24) is 14.9 Å². The summed E-state index contributed by atoms with van der Waals surface area (Å²) in [7, 11) is 0. The van der Waals surface area contributed by atoms with Crippen LogP contribution in [0.1, 0.15) is 25.7 Å². The second-order valence-corrected chi connectivity index (χ2v) is 5.53. The molecule has 0 atom stereocenters. The van der Waals surface area contributed by atoms with Gasteiger partial charge in [-0.3, -0.25) is 0 Å². The second kappa shape index (κ2) is 7.06. The van der Waals surface area contributed by atoms with Crippen LogP contribution < -0.4 is 4.74 Å². The van der Waals surface area contributed by atoms with Crippen LogP contribution in [0.25, 0.3) is 0 Å². The fourth-order valence-corrected chi connectivity index (χ4v) is 2.55. The molecule has 106 valence electrons. The van der Waals surface area contributed by atoms with Crippen LogP contribution in [0, 0.1) is 11.8 Å². The topological polar surface area (TPSA) is 38.2 Å². The van der Waals surface area contributed by atoms with Gasteiger partial charge in [-0.15, -0.1) is 12.4 Å². The van der Waals surface area contributed by atoms with Gasteiger partial charge >= 0.3 is 6.01 Å². The first-order valence-electron chi connectivity index (χ1n) is 7.02. The molecule has 2 heterocycles. The predicted octanol–water partition coefficient (Wildman–Crippen LogP) is 2.40. The number of nitrogens with zero attached hydrogens (tertiary/aromatic N) is 3. The molecule has 0 amide bonds. The number of likely N-dealkylation sites (tertiary alicyclic amines) is 1. The van der Waals surface area contributed by atoms with E-state index in [4.69, 9.17) is 4.74 Å². The minimum Gasteiger partial charge on any atom is -0.463 e. The molecule has 3 rings (SSSR count). The Kier molecular flexibility index (Phi) is 5.40. The van der Waals surface area contributed by atoms with Gasteiger partial charge in [-0.05, 0) is 56.7 Å². The molecule has 1 saturated carbocycles. The SMILES string of the molecule is Cl.c1cnc(OCC2CCN(CC3CC3)CC2)nc1. The zero-order valence-corrected chi connectivity index (χ0v) is 12.0. The summed E-state index contributed by atoms with van der Waals surface area (Å²) in [6, 6.07) is 2.32. The highest BCUT2D eigenvalue weighted by molar-refractivity contribution is 5.85. The third kappa shape index (κ3) is 4.62. The molecule has 1 aromatic heterocycles. The lowest BCUT2D eigenvalue weighted by Crippen LogP contribution is -2.36. The molecule has 4 nitrogen and oxygen atoms in total. The Labute approximate surface area is 121 Å². The standard InChI is InChI=1S/C14H21N3O.ClH/c1-6-15-14(16-7-1)18-11-13-4-8-17(9-5-13)10-12-2-3-12;/h1,6-7,12-13H,2-5,8-11H2;1H. The van der Waals surface area contributed by atoms with Crippen molar-refractivity contribution in [3.8, 4) is 6.01 Å². The van der Waals surface area contributed by atoms with Gasteiger partial charge in [0.05, 0.1) is 6.61 Å². The molecule has 2 aliphatic rings. The Bertz CT molecular complexity index is 364. The van der Waals surface area contributed by atoms with E-state index in [1.165, 1.54) is 45.3 Å². The summed E-state index contributed by atoms with van der Waals surface area (Å²) in [5, 5.41) is 0. The molecule has 0 unspecified atom stereocenters. The van der Waals surface area contributed by atoms with E-state index in [2.05, 4.69) is 14.9 Å². The van der Waals surface area contributed by atoms with Crippen molar-refractivity contribution in [2.45, 2.75) is 25.7 Å². The number of piperidine rings is 1. The Morgan fingerprint density at radius 3 is 2.37 bits per heavy atom. The summed E-state index contributed by atoms with van der Waals surface area (Å²) in [5.74, 6) is 1.68. The summed E-state index contributed by atoms with van der Waals surface area (Å²) in [5.41, 5.74) is 0. The zero-order valence-electron chi connectivity index (χ0n) is 11.2. The van der Waals surface area contributed by atoms with Crippen LogP contribution in [0.4, 0.5) is 0 Å². The van der Waals surface area contributed by atoms with E-state index in [0.29, 0.717) is 11.9 Å². The number of hydrogen-bond acceptors (Lipinski definition) is 4. The van der Waals surface area contributed by atoms with Crippen LogP contribution in [-0.2, 0) is 0 Å². The van der Waals surface area contributed by atoms with E-state index in [-0.39, 0.29) is 12.4 Å². The van der Waals surface area contributed by atoms with Crippen molar-refractivity contribution in [1.29, 1.82) is 0 Å². The molecule has 0 spiro atoms. The van der Waals surface area contributed by atoms with Crippen molar-refractivity contribution >= 4 is 12.4 Å². The molecule has 2 fully saturated rings. The average Bonchev–Trinajstić information content (AvgIpc) is 3.23. The monoisotopic (exact) mass is 283 g/mol. The van der Waals surface area contributed by atoms with E-state index in [9.17, 15) is 0 Å². The lowest BCUT2D eigenvalue weighted by Gasteiger charge is -2.31. The molecule has 19 heavy (non-hydrogen) atoms. The Balaban J connectivity index is 0.00000133. The lowest BCUT2D eigenvalue weighted by molar-refractivity contribution is 0.133. The quantitative estimate of drug-likeness (QED) is 0.832. The van der Waals surface area contributed by atoms with Crippen molar-refractivity contribution in [2.75, 3.05) is 26.2 Å². The molecule has 1 aliphatic heterocycles. The first-order chi connectivity index (χ1) is 8.90. The summed E-state index contributed by atoms with van der Waals surface area (Å²) in [6.07, 6.45) is 8.85. The maximum atomic E-state index is 5.63. The van der Waals surface area contributed by atoms with E-state index >= 15 is 0 Å². The van der Waals surface area contributed by atoms with Crippen molar-refractivity contribution < 1.29 is 4.74 Å². The Morgan fingerprint density at radius 1 is 1.05 bits per heavy atom. The van der Waals surface area contributed by atoms with Crippen LogP contribution in [0.3, 0.4) is 0 Å². The molecular formula is C14H22ClN3O. The van der Waals surface area contributed by atoms with Gasteiger partial charge in [0, 0.05) is 18.9 Å². The largest absolute Gasteiger partial charge is 0.463 e. The highest BCUT2D eigenvalue weighted by Gasteiger charge is 2.27.